The van der Waals surface area contributed by atoms with Crippen molar-refractivity contribution in [1.82, 2.24) is 0 Å². The average Bonchev–Trinajstić information content (AvgIpc) is 3.42. The van der Waals surface area contributed by atoms with Gasteiger partial charge in [0, 0.05) is 23.3 Å². The molecule has 4 fully saturated rings. The molecule has 0 radical (unpaired) electrons. The highest BCUT2D eigenvalue weighted by Crippen LogP contribution is 2.70. The second-order valence-electron chi connectivity index (χ2n) is 9.11. The van der Waals surface area contributed by atoms with Crippen molar-refractivity contribution in [3.05, 3.63) is 11.6 Å². The van der Waals surface area contributed by atoms with Crippen LogP contribution in [0.5, 0.6) is 0 Å². The van der Waals surface area contributed by atoms with Crippen molar-refractivity contribution >= 4 is 17.9 Å². The van der Waals surface area contributed by atoms with Gasteiger partial charge in [-0.15, -0.1) is 0 Å². The zero-order chi connectivity index (χ0) is 20.2. The van der Waals surface area contributed by atoms with Gasteiger partial charge in [-0.3, -0.25) is 9.59 Å². The number of carbonyl (C=O) groups excluding carboxylic acids is 3. The lowest BCUT2D eigenvalue weighted by atomic mass is 9.46. The normalized spacial score (nSPS) is 51.6. The molecule has 3 heterocycles. The van der Waals surface area contributed by atoms with Crippen LogP contribution in [0.1, 0.15) is 27.2 Å². The van der Waals surface area contributed by atoms with E-state index in [0.717, 1.165) is 5.57 Å². The molecule has 0 aromatic rings. The minimum absolute atomic E-state index is 0.311. The van der Waals surface area contributed by atoms with Crippen molar-refractivity contribution in [2.45, 2.75) is 57.7 Å². The Balaban J connectivity index is 1.64. The van der Waals surface area contributed by atoms with Gasteiger partial charge < -0.3 is 24.1 Å². The number of hydrogen-bond acceptors (Lipinski definition) is 8. The zero-order valence-corrected chi connectivity index (χ0v) is 16.2. The fourth-order valence-corrected chi connectivity index (χ4v) is 6.55. The molecule has 0 unspecified atom stereocenters. The highest BCUT2D eigenvalue weighted by molar-refractivity contribution is 5.87. The summed E-state index contributed by atoms with van der Waals surface area (Å²) in [5, 5.41) is 11.2. The number of aliphatic hydroxyl groups excluding tert-OH is 1. The third-order valence-electron chi connectivity index (χ3n) is 7.90. The van der Waals surface area contributed by atoms with Gasteiger partial charge in [-0.05, 0) is 25.8 Å². The molecule has 0 aromatic heterocycles. The van der Waals surface area contributed by atoms with Crippen molar-refractivity contribution in [3.8, 4) is 0 Å². The quantitative estimate of drug-likeness (QED) is 0.407. The molecule has 2 saturated carbocycles. The molecule has 3 aliphatic heterocycles. The Morgan fingerprint density at radius 3 is 2.68 bits per heavy atom. The van der Waals surface area contributed by atoms with Crippen LogP contribution in [0, 0.1) is 28.6 Å². The summed E-state index contributed by atoms with van der Waals surface area (Å²) in [5.41, 5.74) is -1.03. The summed E-state index contributed by atoms with van der Waals surface area (Å²) in [7, 11) is 1.29. The zero-order valence-electron chi connectivity index (χ0n) is 16.2. The molecule has 2 aliphatic carbocycles. The van der Waals surface area contributed by atoms with E-state index in [1.54, 1.807) is 6.92 Å². The Labute approximate surface area is 162 Å². The monoisotopic (exact) mass is 392 g/mol. The number of ether oxygens (including phenoxy) is 4. The minimum atomic E-state index is -0.889. The third kappa shape index (κ3) is 1.90. The van der Waals surface area contributed by atoms with E-state index < -0.39 is 53.1 Å². The summed E-state index contributed by atoms with van der Waals surface area (Å²) in [6, 6.07) is 0. The number of aliphatic hydroxyl groups is 1. The number of rotatable bonds is 2. The summed E-state index contributed by atoms with van der Waals surface area (Å²) in [6.45, 7) is 5.37. The van der Waals surface area contributed by atoms with E-state index in [-0.39, 0.29) is 23.9 Å². The van der Waals surface area contributed by atoms with E-state index in [4.69, 9.17) is 18.9 Å². The molecular weight excluding hydrogens is 368 g/mol. The number of epoxide rings is 1. The first-order valence-electron chi connectivity index (χ1n) is 9.70. The van der Waals surface area contributed by atoms with Gasteiger partial charge in [0.2, 0.25) is 0 Å². The fraction of sp³-hybridized carbons (Fsp3) is 0.750. The van der Waals surface area contributed by atoms with Gasteiger partial charge in [0.15, 0.2) is 0 Å². The standard InChI is InChI=1S/C20H24O8/c1-7(17(23)25-4)12-8-5-10-14-19(2,9(8)6-11(21)27-12)15(22)13-16(28-13)20(14,3)18(24)26-10/h6-8,10,12-16,22H,5H2,1-4H3/t7-,8+,10-,12-,13+,14-,15+,16+,19-,20-/m1/s1. The van der Waals surface area contributed by atoms with Gasteiger partial charge in [-0.1, -0.05) is 6.92 Å². The predicted octanol–water partition coefficient (Wildman–Crippen LogP) is 0.363. The Morgan fingerprint density at radius 2 is 2.00 bits per heavy atom. The number of cyclic esters (lactones) is 1. The number of hydrogen-bond donors (Lipinski definition) is 1. The summed E-state index contributed by atoms with van der Waals surface area (Å²) in [6.07, 6.45) is -1.03. The highest BCUT2D eigenvalue weighted by atomic mass is 16.6. The molecule has 8 heteroatoms. The topological polar surface area (TPSA) is 112 Å². The van der Waals surface area contributed by atoms with E-state index in [1.807, 2.05) is 13.8 Å². The summed E-state index contributed by atoms with van der Waals surface area (Å²) in [5.74, 6) is -2.69. The predicted molar refractivity (Wildman–Crippen MR) is 91.5 cm³/mol. The molecule has 152 valence electrons. The molecule has 0 spiro atoms. The van der Waals surface area contributed by atoms with Crippen LogP contribution in [0.15, 0.2) is 11.6 Å². The van der Waals surface area contributed by atoms with E-state index in [1.165, 1.54) is 13.2 Å². The van der Waals surface area contributed by atoms with Crippen molar-refractivity contribution in [3.63, 3.8) is 0 Å². The smallest absolute Gasteiger partial charge is 0.331 e. The molecule has 5 aliphatic rings. The van der Waals surface area contributed by atoms with Crippen LogP contribution in [0.2, 0.25) is 0 Å². The molecule has 0 bridgehead atoms. The van der Waals surface area contributed by atoms with Gasteiger partial charge >= 0.3 is 17.9 Å². The van der Waals surface area contributed by atoms with Gasteiger partial charge in [-0.2, -0.15) is 0 Å². The van der Waals surface area contributed by atoms with E-state index >= 15 is 0 Å². The molecule has 10 atom stereocenters. The van der Waals surface area contributed by atoms with Gasteiger partial charge in [-0.25, -0.2) is 4.79 Å². The van der Waals surface area contributed by atoms with Crippen LogP contribution >= 0.6 is 0 Å². The Bertz CT molecular complexity index is 819. The van der Waals surface area contributed by atoms with Crippen LogP contribution in [-0.4, -0.2) is 60.6 Å². The van der Waals surface area contributed by atoms with E-state index in [2.05, 4.69) is 0 Å². The highest BCUT2D eigenvalue weighted by Gasteiger charge is 2.80. The first-order chi connectivity index (χ1) is 13.1. The molecule has 8 nitrogen and oxygen atoms in total. The molecule has 0 aromatic carbocycles. The minimum Gasteiger partial charge on any atom is -0.469 e. The summed E-state index contributed by atoms with van der Waals surface area (Å²) < 4.78 is 21.9. The van der Waals surface area contributed by atoms with Crippen LogP contribution in [0.25, 0.3) is 0 Å². The van der Waals surface area contributed by atoms with Crippen molar-refractivity contribution in [2.24, 2.45) is 28.6 Å². The number of esters is 3. The molecular formula is C20H24O8. The maximum absolute atomic E-state index is 12.8. The van der Waals surface area contributed by atoms with Gasteiger partial charge in [0.05, 0.1) is 19.1 Å². The Hall–Kier alpha value is -1.93. The third-order valence-corrected chi connectivity index (χ3v) is 7.90. The van der Waals surface area contributed by atoms with Gasteiger partial charge in [0.1, 0.15) is 29.8 Å². The first-order valence-corrected chi connectivity index (χ1v) is 9.70. The average molecular weight is 392 g/mol. The van der Waals surface area contributed by atoms with Gasteiger partial charge in [0.25, 0.3) is 0 Å². The number of fused-ring (bicyclic) bond motifs is 4. The molecule has 2 saturated heterocycles. The number of methoxy groups -OCH3 is 1. The largest absolute Gasteiger partial charge is 0.469 e. The fourth-order valence-electron chi connectivity index (χ4n) is 6.55. The maximum Gasteiger partial charge on any atom is 0.331 e. The van der Waals surface area contributed by atoms with E-state index in [9.17, 15) is 19.5 Å². The van der Waals surface area contributed by atoms with Crippen LogP contribution in [0.3, 0.4) is 0 Å². The summed E-state index contributed by atoms with van der Waals surface area (Å²) >= 11 is 0. The van der Waals surface area contributed by atoms with Crippen LogP contribution in [0.4, 0.5) is 0 Å². The lowest BCUT2D eigenvalue weighted by molar-refractivity contribution is -0.168. The Kier molecular flexibility index (Phi) is 3.47. The Morgan fingerprint density at radius 1 is 1.29 bits per heavy atom. The van der Waals surface area contributed by atoms with Crippen LogP contribution in [-0.2, 0) is 33.3 Å². The number of carbonyl (C=O) groups is 3. The van der Waals surface area contributed by atoms with Crippen molar-refractivity contribution < 1.29 is 38.4 Å². The maximum atomic E-state index is 12.8. The second-order valence-corrected chi connectivity index (χ2v) is 9.11. The summed E-state index contributed by atoms with van der Waals surface area (Å²) in [4.78, 5) is 37.4. The van der Waals surface area contributed by atoms with Crippen molar-refractivity contribution in [2.75, 3.05) is 7.11 Å². The van der Waals surface area contributed by atoms with E-state index in [0.29, 0.717) is 6.42 Å². The molecule has 1 N–H and O–H groups in total. The SMILES string of the molecule is COC(=O)[C@H](C)[C@H]1OC(=O)C=C2[C@@H]1C[C@H]1OC(=O)[C@]3(C)[C@H]1[C@]2(C)[C@@H](O)[C@@H]1O[C@@H]13. The van der Waals surface area contributed by atoms with Crippen LogP contribution < -0.4 is 0 Å². The molecule has 28 heavy (non-hydrogen) atoms. The lowest BCUT2D eigenvalue weighted by Gasteiger charge is -2.56. The second kappa shape index (κ2) is 5.36. The first kappa shape index (κ1) is 18.1. The van der Waals surface area contributed by atoms with Crippen molar-refractivity contribution in [1.29, 1.82) is 0 Å². The molecule has 0 amide bonds. The lowest BCUT2D eigenvalue weighted by Crippen LogP contribution is -2.63. The molecule has 5 rings (SSSR count).